The highest BCUT2D eigenvalue weighted by molar-refractivity contribution is 14.1. The Morgan fingerprint density at radius 3 is 2.75 bits per heavy atom. The summed E-state index contributed by atoms with van der Waals surface area (Å²) >= 11 is 1.73. The van der Waals surface area contributed by atoms with E-state index in [-0.39, 0.29) is 27.1 Å². The molecule has 0 unspecified atom stereocenters. The fourth-order valence-electron chi connectivity index (χ4n) is 1.18. The zero-order valence-electron chi connectivity index (χ0n) is 8.21. The number of carboxylic acids is 1. The molecule has 1 rings (SSSR count). The number of halogens is 3. The van der Waals surface area contributed by atoms with Crippen molar-refractivity contribution in [1.29, 1.82) is 0 Å². The van der Waals surface area contributed by atoms with Crippen LogP contribution in [0, 0.1) is 3.70 Å². The van der Waals surface area contributed by atoms with E-state index in [9.17, 15) is 13.6 Å². The minimum Gasteiger partial charge on any atom is -0.493 e. The zero-order chi connectivity index (χ0) is 12.3. The van der Waals surface area contributed by atoms with E-state index in [1.54, 1.807) is 22.6 Å². The Bertz CT molecular complexity index is 412. The Balaban J connectivity index is 3.22. The summed E-state index contributed by atoms with van der Waals surface area (Å²) in [5, 5.41) is 8.55. The lowest BCUT2D eigenvalue weighted by Crippen LogP contribution is -2.06. The number of alkyl halides is 2. The molecule has 0 amide bonds. The minimum absolute atomic E-state index is 0.00950. The van der Waals surface area contributed by atoms with Crippen LogP contribution < -0.4 is 4.74 Å². The lowest BCUT2D eigenvalue weighted by Gasteiger charge is -2.10. The van der Waals surface area contributed by atoms with Crippen molar-refractivity contribution in [3.63, 3.8) is 0 Å². The zero-order valence-corrected chi connectivity index (χ0v) is 10.4. The molecular formula is C9H8F2INO3. The van der Waals surface area contributed by atoms with Gasteiger partial charge in [0.05, 0.1) is 24.8 Å². The third-order valence-electron chi connectivity index (χ3n) is 1.79. The summed E-state index contributed by atoms with van der Waals surface area (Å²) in [5.41, 5.74) is -0.244. The van der Waals surface area contributed by atoms with Gasteiger partial charge < -0.3 is 9.84 Å². The highest BCUT2D eigenvalue weighted by Crippen LogP contribution is 2.32. The number of hydrogen-bond donors (Lipinski definition) is 1. The van der Waals surface area contributed by atoms with Crippen molar-refractivity contribution >= 4 is 28.6 Å². The SMILES string of the molecule is COc1c(C(F)F)cc(CC(=O)O)nc1I. The molecule has 1 N–H and O–H groups in total. The molecule has 0 aliphatic carbocycles. The van der Waals surface area contributed by atoms with Gasteiger partial charge in [-0.05, 0) is 28.7 Å². The number of nitrogens with zero attached hydrogens (tertiary/aromatic N) is 1. The van der Waals surface area contributed by atoms with Crippen molar-refractivity contribution in [3.05, 3.63) is 21.0 Å². The Labute approximate surface area is 104 Å². The maximum absolute atomic E-state index is 12.7. The molecule has 0 spiro atoms. The molecule has 0 aliphatic rings. The van der Waals surface area contributed by atoms with Crippen LogP contribution in [0.2, 0.25) is 0 Å². The number of ether oxygens (including phenoxy) is 1. The molecule has 0 aromatic carbocycles. The predicted octanol–water partition coefficient (Wildman–Crippen LogP) is 2.26. The molecule has 88 valence electrons. The van der Waals surface area contributed by atoms with E-state index in [0.717, 1.165) is 6.07 Å². The highest BCUT2D eigenvalue weighted by atomic mass is 127. The van der Waals surface area contributed by atoms with Gasteiger partial charge in [-0.25, -0.2) is 13.8 Å². The van der Waals surface area contributed by atoms with Crippen LogP contribution >= 0.6 is 22.6 Å². The Morgan fingerprint density at radius 2 is 2.31 bits per heavy atom. The van der Waals surface area contributed by atoms with Crippen LogP contribution in [0.25, 0.3) is 0 Å². The van der Waals surface area contributed by atoms with Crippen LogP contribution in [-0.2, 0) is 11.2 Å². The second-order valence-corrected chi connectivity index (χ2v) is 3.92. The van der Waals surface area contributed by atoms with Crippen LogP contribution in [-0.4, -0.2) is 23.2 Å². The number of carboxylic acid groups (broad SMARTS) is 1. The van der Waals surface area contributed by atoms with Gasteiger partial charge in [-0.2, -0.15) is 0 Å². The summed E-state index contributed by atoms with van der Waals surface area (Å²) in [4.78, 5) is 14.3. The molecule has 4 nitrogen and oxygen atoms in total. The minimum atomic E-state index is -2.72. The molecule has 7 heteroatoms. The molecule has 0 atom stereocenters. The molecule has 0 bridgehead atoms. The van der Waals surface area contributed by atoms with E-state index in [0.29, 0.717) is 0 Å². The quantitative estimate of drug-likeness (QED) is 0.673. The number of methoxy groups -OCH3 is 1. The Hall–Kier alpha value is -0.990. The number of hydrogen-bond acceptors (Lipinski definition) is 3. The fraction of sp³-hybridized carbons (Fsp3) is 0.333. The van der Waals surface area contributed by atoms with E-state index in [1.165, 1.54) is 7.11 Å². The number of aliphatic carboxylic acids is 1. The monoisotopic (exact) mass is 343 g/mol. The molecule has 0 saturated carbocycles. The first kappa shape index (κ1) is 13.1. The first-order valence-corrected chi connectivity index (χ1v) is 5.26. The average molecular weight is 343 g/mol. The molecule has 0 saturated heterocycles. The summed E-state index contributed by atoms with van der Waals surface area (Å²) in [6, 6.07) is 1.06. The highest BCUT2D eigenvalue weighted by Gasteiger charge is 2.19. The van der Waals surface area contributed by atoms with Crippen LogP contribution in [0.1, 0.15) is 17.7 Å². The summed E-state index contributed by atoms with van der Waals surface area (Å²) in [7, 11) is 1.27. The Morgan fingerprint density at radius 1 is 1.69 bits per heavy atom. The van der Waals surface area contributed by atoms with Crippen LogP contribution in [0.5, 0.6) is 5.75 Å². The van der Waals surface area contributed by atoms with Crippen molar-refractivity contribution in [2.45, 2.75) is 12.8 Å². The molecule has 0 fully saturated rings. The number of aromatic nitrogens is 1. The number of rotatable bonds is 4. The van der Waals surface area contributed by atoms with Gasteiger partial charge in [0.25, 0.3) is 6.43 Å². The van der Waals surface area contributed by atoms with Crippen molar-refractivity contribution in [3.8, 4) is 5.75 Å². The smallest absolute Gasteiger partial charge is 0.309 e. The molecule has 16 heavy (non-hydrogen) atoms. The lowest BCUT2D eigenvalue weighted by atomic mass is 10.2. The van der Waals surface area contributed by atoms with E-state index in [1.807, 2.05) is 0 Å². The fourth-order valence-corrected chi connectivity index (χ4v) is 2.02. The van der Waals surface area contributed by atoms with Gasteiger partial charge in [-0.3, -0.25) is 4.79 Å². The lowest BCUT2D eigenvalue weighted by molar-refractivity contribution is -0.136. The van der Waals surface area contributed by atoms with Crippen LogP contribution in [0.3, 0.4) is 0 Å². The third kappa shape index (κ3) is 3.00. The average Bonchev–Trinajstić information content (AvgIpc) is 2.15. The second kappa shape index (κ2) is 5.37. The first-order valence-electron chi connectivity index (χ1n) is 4.19. The summed E-state index contributed by atoms with van der Waals surface area (Å²) in [6.45, 7) is 0. The number of carbonyl (C=O) groups is 1. The van der Waals surface area contributed by atoms with E-state index in [2.05, 4.69) is 4.98 Å². The standard InChI is InChI=1S/C9H8F2INO3/c1-16-7-5(8(10)11)2-4(3-6(14)15)13-9(7)12/h2,8H,3H2,1H3,(H,14,15). The number of pyridine rings is 1. The van der Waals surface area contributed by atoms with Crippen molar-refractivity contribution in [2.75, 3.05) is 7.11 Å². The predicted molar refractivity (Wildman–Crippen MR) is 59.8 cm³/mol. The topological polar surface area (TPSA) is 59.4 Å². The molecule has 0 aliphatic heterocycles. The summed E-state index contributed by atoms with van der Waals surface area (Å²) in [5.74, 6) is -1.13. The van der Waals surface area contributed by atoms with Gasteiger partial charge in [-0.15, -0.1) is 0 Å². The summed E-state index contributed by atoms with van der Waals surface area (Å²) in [6.07, 6.45) is -3.11. The van der Waals surface area contributed by atoms with E-state index in [4.69, 9.17) is 9.84 Å². The van der Waals surface area contributed by atoms with Gasteiger partial charge in [0.1, 0.15) is 3.70 Å². The molecular weight excluding hydrogens is 335 g/mol. The van der Waals surface area contributed by atoms with Gasteiger partial charge in [0.15, 0.2) is 5.75 Å². The van der Waals surface area contributed by atoms with Gasteiger partial charge in [0.2, 0.25) is 0 Å². The molecule has 1 heterocycles. The van der Waals surface area contributed by atoms with Crippen LogP contribution in [0.4, 0.5) is 8.78 Å². The normalized spacial score (nSPS) is 10.6. The van der Waals surface area contributed by atoms with Crippen molar-refractivity contribution in [2.24, 2.45) is 0 Å². The molecule has 1 aromatic rings. The van der Waals surface area contributed by atoms with Crippen molar-refractivity contribution in [1.82, 2.24) is 4.98 Å². The van der Waals surface area contributed by atoms with E-state index < -0.39 is 12.4 Å². The van der Waals surface area contributed by atoms with E-state index >= 15 is 0 Å². The van der Waals surface area contributed by atoms with Gasteiger partial charge in [0, 0.05) is 0 Å². The molecule has 1 aromatic heterocycles. The third-order valence-corrected chi connectivity index (χ3v) is 2.52. The maximum Gasteiger partial charge on any atom is 0.309 e. The maximum atomic E-state index is 12.7. The Kier molecular flexibility index (Phi) is 4.39. The van der Waals surface area contributed by atoms with Crippen LogP contribution in [0.15, 0.2) is 6.07 Å². The van der Waals surface area contributed by atoms with Gasteiger partial charge >= 0.3 is 5.97 Å². The molecule has 0 radical (unpaired) electrons. The first-order chi connectivity index (χ1) is 7.45. The van der Waals surface area contributed by atoms with Crippen molar-refractivity contribution < 1.29 is 23.4 Å². The second-order valence-electron chi connectivity index (χ2n) is 2.90. The summed E-state index contributed by atoms with van der Waals surface area (Å²) < 4.78 is 30.3. The largest absolute Gasteiger partial charge is 0.493 e. The van der Waals surface area contributed by atoms with Gasteiger partial charge in [-0.1, -0.05) is 0 Å².